The van der Waals surface area contributed by atoms with Crippen LogP contribution in [0.4, 0.5) is 0 Å². The molecule has 2 aromatic carbocycles. The molecule has 2 aliphatic heterocycles. The second-order valence-corrected chi connectivity index (χ2v) is 6.85. The summed E-state index contributed by atoms with van der Waals surface area (Å²) < 4.78 is 16.1. The molecule has 8 nitrogen and oxygen atoms in total. The lowest BCUT2D eigenvalue weighted by atomic mass is 10.1. The zero-order chi connectivity index (χ0) is 21.1. The van der Waals surface area contributed by atoms with E-state index >= 15 is 0 Å². The summed E-state index contributed by atoms with van der Waals surface area (Å²) in [6, 6.07) is 11.3. The van der Waals surface area contributed by atoms with Crippen molar-refractivity contribution in [1.29, 1.82) is 0 Å². The van der Waals surface area contributed by atoms with Crippen molar-refractivity contribution >= 4 is 23.6 Å². The zero-order valence-electron chi connectivity index (χ0n) is 16.1. The van der Waals surface area contributed by atoms with Gasteiger partial charge in [-0.1, -0.05) is 12.1 Å². The van der Waals surface area contributed by atoms with Crippen LogP contribution in [0, 0.1) is 0 Å². The number of hydrogen-bond donors (Lipinski definition) is 0. The molecule has 2 heterocycles. The third-order valence-electron chi connectivity index (χ3n) is 4.85. The number of carbonyl (C=O) groups excluding carboxylic acids is 4. The van der Waals surface area contributed by atoms with Crippen LogP contribution in [-0.4, -0.2) is 54.8 Å². The Morgan fingerprint density at radius 1 is 0.933 bits per heavy atom. The Bertz CT molecular complexity index is 995. The first-order chi connectivity index (χ1) is 14.5. The molecule has 0 spiro atoms. The lowest BCUT2D eigenvalue weighted by Gasteiger charge is -2.13. The predicted molar refractivity (Wildman–Crippen MR) is 104 cm³/mol. The molecule has 2 aliphatic rings. The van der Waals surface area contributed by atoms with Crippen molar-refractivity contribution in [3.8, 4) is 11.5 Å². The third-order valence-corrected chi connectivity index (χ3v) is 4.85. The van der Waals surface area contributed by atoms with Crippen LogP contribution in [0.1, 0.15) is 43.9 Å². The molecular formula is C22H19NO7. The van der Waals surface area contributed by atoms with Crippen LogP contribution >= 0.6 is 0 Å². The molecule has 0 unspecified atom stereocenters. The van der Waals surface area contributed by atoms with Gasteiger partial charge < -0.3 is 14.2 Å². The molecule has 0 radical (unpaired) electrons. The number of fused-ring (bicyclic) bond motifs is 2. The molecule has 0 aliphatic carbocycles. The second kappa shape index (κ2) is 8.36. The van der Waals surface area contributed by atoms with E-state index in [0.717, 1.165) is 11.3 Å². The second-order valence-electron chi connectivity index (χ2n) is 6.85. The van der Waals surface area contributed by atoms with E-state index in [1.54, 1.807) is 42.5 Å². The fraction of sp³-hybridized carbons (Fsp3) is 0.273. The number of rotatable bonds is 6. The lowest BCUT2D eigenvalue weighted by molar-refractivity contribution is -0.142. The van der Waals surface area contributed by atoms with Crippen LogP contribution in [-0.2, 0) is 9.53 Å². The molecule has 8 heteroatoms. The van der Waals surface area contributed by atoms with Crippen LogP contribution in [0.3, 0.4) is 0 Å². The molecule has 0 fully saturated rings. The third kappa shape index (κ3) is 3.89. The van der Waals surface area contributed by atoms with Crippen LogP contribution in [0.15, 0.2) is 42.5 Å². The van der Waals surface area contributed by atoms with E-state index in [1.165, 1.54) is 0 Å². The Balaban J connectivity index is 1.29. The van der Waals surface area contributed by atoms with Crippen molar-refractivity contribution in [1.82, 2.24) is 4.90 Å². The van der Waals surface area contributed by atoms with E-state index in [9.17, 15) is 19.2 Å². The van der Waals surface area contributed by atoms with Gasteiger partial charge in [0, 0.05) is 18.5 Å². The average molecular weight is 409 g/mol. The number of hydrogen-bond acceptors (Lipinski definition) is 7. The average Bonchev–Trinajstić information content (AvgIpc) is 2.92. The molecule has 30 heavy (non-hydrogen) atoms. The number of ketones is 1. The molecule has 0 atom stereocenters. The summed E-state index contributed by atoms with van der Waals surface area (Å²) >= 11 is 0. The van der Waals surface area contributed by atoms with Crippen LogP contribution in [0.25, 0.3) is 0 Å². The topological polar surface area (TPSA) is 99.2 Å². The number of Topliss-reactive ketones (excluding diaryl/α,β-unsaturated/α-hetero) is 1. The van der Waals surface area contributed by atoms with Crippen molar-refractivity contribution in [3.63, 3.8) is 0 Å². The zero-order valence-corrected chi connectivity index (χ0v) is 16.1. The Kier molecular flexibility index (Phi) is 5.47. The summed E-state index contributed by atoms with van der Waals surface area (Å²) in [5, 5.41) is 0. The van der Waals surface area contributed by atoms with Gasteiger partial charge in [-0.15, -0.1) is 0 Å². The molecular weight excluding hydrogens is 390 g/mol. The SMILES string of the molecule is O=C(CCN1C(=O)c2ccccc2C1=O)OCC(=O)c1ccc2c(c1)OCCCO2. The Morgan fingerprint density at radius 3 is 2.30 bits per heavy atom. The van der Waals surface area contributed by atoms with Gasteiger partial charge >= 0.3 is 5.97 Å². The fourth-order valence-electron chi connectivity index (χ4n) is 3.28. The maximum Gasteiger partial charge on any atom is 0.308 e. The van der Waals surface area contributed by atoms with E-state index in [4.69, 9.17) is 14.2 Å². The van der Waals surface area contributed by atoms with Crippen LogP contribution in [0.2, 0.25) is 0 Å². The summed E-state index contributed by atoms with van der Waals surface area (Å²) in [5.74, 6) is -0.885. The van der Waals surface area contributed by atoms with E-state index in [2.05, 4.69) is 0 Å². The monoisotopic (exact) mass is 409 g/mol. The molecule has 4 rings (SSSR count). The minimum atomic E-state index is -0.672. The van der Waals surface area contributed by atoms with Crippen molar-refractivity contribution < 1.29 is 33.4 Å². The Hall–Kier alpha value is -3.68. The summed E-state index contributed by atoms with van der Waals surface area (Å²) in [7, 11) is 0. The normalized spacial score (nSPS) is 14.9. The van der Waals surface area contributed by atoms with Crippen molar-refractivity contribution in [2.75, 3.05) is 26.4 Å². The summed E-state index contributed by atoms with van der Waals surface area (Å²) in [4.78, 5) is 50.0. The number of amides is 2. The lowest BCUT2D eigenvalue weighted by Crippen LogP contribution is -2.32. The van der Waals surface area contributed by atoms with Gasteiger partial charge in [-0.25, -0.2) is 0 Å². The van der Waals surface area contributed by atoms with Crippen molar-refractivity contribution in [2.24, 2.45) is 0 Å². The summed E-state index contributed by atoms with van der Waals surface area (Å²) in [5.41, 5.74) is 0.980. The van der Waals surface area contributed by atoms with Gasteiger partial charge in [-0.05, 0) is 30.3 Å². The number of imide groups is 1. The smallest absolute Gasteiger partial charge is 0.308 e. The van der Waals surface area contributed by atoms with Crippen LogP contribution in [0.5, 0.6) is 11.5 Å². The summed E-state index contributed by atoms with van der Waals surface area (Å²) in [6.07, 6.45) is 0.558. The molecule has 0 saturated heterocycles. The highest BCUT2D eigenvalue weighted by Crippen LogP contribution is 2.30. The first-order valence-electron chi connectivity index (χ1n) is 9.58. The van der Waals surface area contributed by atoms with E-state index in [1.807, 2.05) is 0 Å². The molecule has 0 N–H and O–H groups in total. The van der Waals surface area contributed by atoms with Gasteiger partial charge in [0.15, 0.2) is 23.9 Å². The number of ether oxygens (including phenoxy) is 3. The maximum absolute atomic E-state index is 12.3. The van der Waals surface area contributed by atoms with Gasteiger partial charge in [-0.2, -0.15) is 0 Å². The minimum absolute atomic E-state index is 0.108. The molecule has 154 valence electrons. The molecule has 2 amide bonds. The first-order valence-corrected chi connectivity index (χ1v) is 9.58. The van der Waals surface area contributed by atoms with Gasteiger partial charge in [0.25, 0.3) is 11.8 Å². The fourth-order valence-corrected chi connectivity index (χ4v) is 3.28. The first kappa shape index (κ1) is 19.6. The van der Waals surface area contributed by atoms with Gasteiger partial charge in [0.2, 0.25) is 0 Å². The maximum atomic E-state index is 12.3. The van der Waals surface area contributed by atoms with E-state index < -0.39 is 24.4 Å². The standard InChI is InChI=1S/C22H19NO7/c24-17(14-6-7-18-19(12-14)29-11-3-10-28-18)13-30-20(25)8-9-23-21(26)15-4-1-2-5-16(15)22(23)27/h1-2,4-7,12H,3,8-11,13H2. The Morgan fingerprint density at radius 2 is 1.60 bits per heavy atom. The molecule has 2 aromatic rings. The quantitative estimate of drug-likeness (QED) is 0.410. The van der Waals surface area contributed by atoms with Gasteiger partial charge in [-0.3, -0.25) is 24.1 Å². The minimum Gasteiger partial charge on any atom is -0.490 e. The Labute approximate surface area is 172 Å². The highest BCUT2D eigenvalue weighted by molar-refractivity contribution is 6.21. The number of nitrogens with zero attached hydrogens (tertiary/aromatic N) is 1. The number of esters is 1. The largest absolute Gasteiger partial charge is 0.490 e. The summed E-state index contributed by atoms with van der Waals surface area (Å²) in [6.45, 7) is 0.492. The number of carbonyl (C=O) groups is 4. The molecule has 0 aromatic heterocycles. The van der Waals surface area contributed by atoms with E-state index in [0.29, 0.717) is 41.4 Å². The highest BCUT2D eigenvalue weighted by atomic mass is 16.5. The van der Waals surface area contributed by atoms with Gasteiger partial charge in [0.1, 0.15) is 0 Å². The van der Waals surface area contributed by atoms with Crippen LogP contribution < -0.4 is 9.47 Å². The molecule has 0 bridgehead atoms. The molecule has 0 saturated carbocycles. The van der Waals surface area contributed by atoms with Gasteiger partial charge in [0.05, 0.1) is 30.8 Å². The predicted octanol–water partition coefficient (Wildman–Crippen LogP) is 2.26. The van der Waals surface area contributed by atoms with E-state index in [-0.39, 0.29) is 18.7 Å². The van der Waals surface area contributed by atoms with Crippen molar-refractivity contribution in [2.45, 2.75) is 12.8 Å². The highest BCUT2D eigenvalue weighted by Gasteiger charge is 2.35. The number of benzene rings is 2. The van der Waals surface area contributed by atoms with Crippen molar-refractivity contribution in [3.05, 3.63) is 59.2 Å².